The van der Waals surface area contributed by atoms with E-state index in [1.54, 1.807) is 13.2 Å². The monoisotopic (exact) mass is 411 g/mol. The van der Waals surface area contributed by atoms with E-state index < -0.39 is 5.91 Å². The van der Waals surface area contributed by atoms with E-state index in [0.29, 0.717) is 36.0 Å². The maximum absolute atomic E-state index is 12.0. The molecule has 1 aliphatic heterocycles. The van der Waals surface area contributed by atoms with Crippen molar-refractivity contribution in [3.05, 3.63) is 42.1 Å². The highest BCUT2D eigenvalue weighted by molar-refractivity contribution is 5.98. The van der Waals surface area contributed by atoms with Gasteiger partial charge in [0.15, 0.2) is 0 Å². The molecule has 2 heterocycles. The maximum Gasteiger partial charge on any atom is 0.252 e. The molecule has 1 unspecified atom stereocenters. The SMILES string of the molecule is CCC(=O)N1CCCC(CNc2cc(Nc3ccc(OC)cc3)ncc2C(N)=O)C1. The molecule has 3 rings (SSSR count). The number of piperidine rings is 1. The molecule has 1 aromatic heterocycles. The molecule has 8 heteroatoms. The van der Waals surface area contributed by atoms with E-state index in [0.717, 1.165) is 37.4 Å². The van der Waals surface area contributed by atoms with Crippen LogP contribution in [-0.2, 0) is 4.79 Å². The van der Waals surface area contributed by atoms with Gasteiger partial charge in [-0.15, -0.1) is 0 Å². The number of methoxy groups -OCH3 is 1. The van der Waals surface area contributed by atoms with Gasteiger partial charge in [0.1, 0.15) is 11.6 Å². The minimum Gasteiger partial charge on any atom is -0.497 e. The lowest BCUT2D eigenvalue weighted by atomic mass is 9.97. The fourth-order valence-electron chi connectivity index (χ4n) is 3.62. The van der Waals surface area contributed by atoms with Crippen LogP contribution in [0.2, 0.25) is 0 Å². The summed E-state index contributed by atoms with van der Waals surface area (Å²) < 4.78 is 5.17. The molecule has 1 fully saturated rings. The summed E-state index contributed by atoms with van der Waals surface area (Å²) in [6.45, 7) is 4.09. The predicted molar refractivity (Wildman–Crippen MR) is 117 cm³/mol. The van der Waals surface area contributed by atoms with Gasteiger partial charge in [-0.2, -0.15) is 0 Å². The summed E-state index contributed by atoms with van der Waals surface area (Å²) in [6.07, 6.45) is 4.02. The number of carbonyl (C=O) groups excluding carboxylic acids is 2. The van der Waals surface area contributed by atoms with E-state index in [2.05, 4.69) is 15.6 Å². The number of aromatic nitrogens is 1. The Balaban J connectivity index is 1.69. The molecule has 1 aliphatic rings. The van der Waals surface area contributed by atoms with Gasteiger partial charge in [0.05, 0.1) is 18.4 Å². The highest BCUT2D eigenvalue weighted by Gasteiger charge is 2.23. The van der Waals surface area contributed by atoms with Gasteiger partial charge in [-0.25, -0.2) is 4.98 Å². The lowest BCUT2D eigenvalue weighted by Gasteiger charge is -2.33. The van der Waals surface area contributed by atoms with E-state index >= 15 is 0 Å². The second-order valence-electron chi connectivity index (χ2n) is 7.42. The normalized spacial score (nSPS) is 16.1. The van der Waals surface area contributed by atoms with E-state index in [1.165, 1.54) is 6.20 Å². The summed E-state index contributed by atoms with van der Waals surface area (Å²) in [5.74, 6) is 1.34. The van der Waals surface area contributed by atoms with Gasteiger partial charge < -0.3 is 26.0 Å². The van der Waals surface area contributed by atoms with Gasteiger partial charge >= 0.3 is 0 Å². The number of likely N-dealkylation sites (tertiary alicyclic amines) is 1. The standard InChI is InChI=1S/C22H29N5O3/c1-3-21(28)27-10-4-5-15(14-27)12-24-19-11-20(25-13-18(19)22(23)29)26-16-6-8-17(30-2)9-7-16/h6-9,11,13,15H,3-5,10,12,14H2,1-2H3,(H2,23,29)(H2,24,25,26). The van der Waals surface area contributed by atoms with Crippen molar-refractivity contribution in [2.75, 3.05) is 37.4 Å². The molecule has 0 aliphatic carbocycles. The number of carbonyl (C=O) groups is 2. The molecule has 1 saturated heterocycles. The minimum absolute atomic E-state index is 0.187. The van der Waals surface area contributed by atoms with Crippen molar-refractivity contribution < 1.29 is 14.3 Å². The van der Waals surface area contributed by atoms with Gasteiger partial charge in [0, 0.05) is 44.0 Å². The zero-order valence-electron chi connectivity index (χ0n) is 17.5. The van der Waals surface area contributed by atoms with Crippen LogP contribution in [0.15, 0.2) is 36.5 Å². The van der Waals surface area contributed by atoms with Crippen LogP contribution in [-0.4, -0.2) is 48.4 Å². The molecule has 4 N–H and O–H groups in total. The number of pyridine rings is 1. The molecule has 0 saturated carbocycles. The van der Waals surface area contributed by atoms with Crippen LogP contribution in [0.5, 0.6) is 5.75 Å². The van der Waals surface area contributed by atoms with Gasteiger partial charge in [0.25, 0.3) is 5.91 Å². The fourth-order valence-corrected chi connectivity index (χ4v) is 3.62. The first-order valence-electron chi connectivity index (χ1n) is 10.2. The number of ether oxygens (including phenoxy) is 1. The smallest absolute Gasteiger partial charge is 0.252 e. The molecule has 0 spiro atoms. The average Bonchev–Trinajstić information content (AvgIpc) is 2.77. The number of amides is 2. The molecule has 8 nitrogen and oxygen atoms in total. The van der Waals surface area contributed by atoms with E-state index in [-0.39, 0.29) is 5.91 Å². The molecule has 0 bridgehead atoms. The fraction of sp³-hybridized carbons (Fsp3) is 0.409. The quantitative estimate of drug-likeness (QED) is 0.616. The van der Waals surface area contributed by atoms with Gasteiger partial charge in [-0.1, -0.05) is 6.92 Å². The Morgan fingerprint density at radius 1 is 1.30 bits per heavy atom. The summed E-state index contributed by atoms with van der Waals surface area (Å²) >= 11 is 0. The maximum atomic E-state index is 12.0. The predicted octanol–water partition coefficient (Wildman–Crippen LogP) is 2.99. The van der Waals surface area contributed by atoms with Crippen molar-refractivity contribution in [2.24, 2.45) is 11.7 Å². The Labute approximate surface area is 176 Å². The summed E-state index contributed by atoms with van der Waals surface area (Å²) in [6, 6.07) is 9.26. The number of nitrogens with zero attached hydrogens (tertiary/aromatic N) is 2. The van der Waals surface area contributed by atoms with Crippen molar-refractivity contribution in [3.63, 3.8) is 0 Å². The van der Waals surface area contributed by atoms with E-state index in [1.807, 2.05) is 36.1 Å². The molecule has 2 amide bonds. The third-order valence-electron chi connectivity index (χ3n) is 5.29. The molecule has 1 atom stereocenters. The Bertz CT molecular complexity index is 885. The first-order chi connectivity index (χ1) is 14.5. The van der Waals surface area contributed by atoms with Crippen LogP contribution >= 0.6 is 0 Å². The number of primary amides is 1. The average molecular weight is 412 g/mol. The molecule has 0 radical (unpaired) electrons. The molecule has 1 aromatic carbocycles. The second kappa shape index (κ2) is 9.96. The summed E-state index contributed by atoms with van der Waals surface area (Å²) in [5.41, 5.74) is 7.35. The Morgan fingerprint density at radius 2 is 2.07 bits per heavy atom. The van der Waals surface area contributed by atoms with Crippen LogP contribution in [0.3, 0.4) is 0 Å². The highest BCUT2D eigenvalue weighted by atomic mass is 16.5. The highest BCUT2D eigenvalue weighted by Crippen LogP contribution is 2.24. The number of nitrogens with one attached hydrogen (secondary N) is 2. The summed E-state index contributed by atoms with van der Waals surface area (Å²) in [4.78, 5) is 30.1. The number of hydrogen-bond donors (Lipinski definition) is 3. The number of anilines is 3. The van der Waals surface area contributed by atoms with Crippen molar-refractivity contribution in [1.29, 1.82) is 0 Å². The van der Waals surface area contributed by atoms with Crippen LogP contribution in [0.1, 0.15) is 36.5 Å². The Morgan fingerprint density at radius 3 is 2.73 bits per heavy atom. The first kappa shape index (κ1) is 21.4. The van der Waals surface area contributed by atoms with Gasteiger partial charge in [-0.3, -0.25) is 9.59 Å². The third kappa shape index (κ3) is 5.40. The van der Waals surface area contributed by atoms with Crippen molar-refractivity contribution in [2.45, 2.75) is 26.2 Å². The Hall–Kier alpha value is -3.29. The first-order valence-corrected chi connectivity index (χ1v) is 10.2. The van der Waals surface area contributed by atoms with Crippen molar-refractivity contribution in [1.82, 2.24) is 9.88 Å². The van der Waals surface area contributed by atoms with Gasteiger partial charge in [0.2, 0.25) is 5.91 Å². The number of nitrogens with two attached hydrogens (primary N) is 1. The van der Waals surface area contributed by atoms with Gasteiger partial charge in [-0.05, 0) is 43.0 Å². The van der Waals surface area contributed by atoms with Crippen molar-refractivity contribution in [3.8, 4) is 5.75 Å². The summed E-state index contributed by atoms with van der Waals surface area (Å²) in [7, 11) is 1.62. The lowest BCUT2D eigenvalue weighted by molar-refractivity contribution is -0.132. The van der Waals surface area contributed by atoms with E-state index in [9.17, 15) is 9.59 Å². The number of rotatable bonds is 8. The van der Waals surface area contributed by atoms with Crippen LogP contribution in [0.4, 0.5) is 17.2 Å². The molecular formula is C22H29N5O3. The lowest BCUT2D eigenvalue weighted by Crippen LogP contribution is -2.41. The van der Waals surface area contributed by atoms with Crippen LogP contribution in [0, 0.1) is 5.92 Å². The second-order valence-corrected chi connectivity index (χ2v) is 7.42. The zero-order valence-corrected chi connectivity index (χ0v) is 17.5. The molecule has 160 valence electrons. The largest absolute Gasteiger partial charge is 0.497 e. The van der Waals surface area contributed by atoms with Crippen LogP contribution < -0.4 is 21.1 Å². The zero-order chi connectivity index (χ0) is 21.5. The van der Waals surface area contributed by atoms with E-state index in [4.69, 9.17) is 10.5 Å². The summed E-state index contributed by atoms with van der Waals surface area (Å²) in [5, 5.41) is 6.57. The Kier molecular flexibility index (Phi) is 7.11. The third-order valence-corrected chi connectivity index (χ3v) is 5.29. The van der Waals surface area contributed by atoms with Crippen molar-refractivity contribution >= 4 is 29.0 Å². The molecular weight excluding hydrogens is 382 g/mol. The minimum atomic E-state index is -0.535. The topological polar surface area (TPSA) is 110 Å². The number of hydrogen-bond acceptors (Lipinski definition) is 6. The molecule has 2 aromatic rings. The molecule has 30 heavy (non-hydrogen) atoms. The number of benzene rings is 1. The van der Waals surface area contributed by atoms with Crippen LogP contribution in [0.25, 0.3) is 0 Å².